The number of imidazole rings is 1. The first-order valence-electron chi connectivity index (χ1n) is 10.3. The van der Waals surface area contributed by atoms with E-state index in [-0.39, 0.29) is 6.04 Å². The first kappa shape index (κ1) is 21.0. The van der Waals surface area contributed by atoms with Gasteiger partial charge in [0.15, 0.2) is 17.0 Å². The molecule has 29 heavy (non-hydrogen) atoms. The number of nitrogens with zero attached hydrogens (tertiary/aromatic N) is 6. The van der Waals surface area contributed by atoms with Crippen LogP contribution in [0.2, 0.25) is 0 Å². The summed E-state index contributed by atoms with van der Waals surface area (Å²) in [7, 11) is 0. The van der Waals surface area contributed by atoms with Crippen molar-refractivity contribution in [1.29, 1.82) is 0 Å². The average Bonchev–Trinajstić information content (AvgIpc) is 3.09. The molecule has 2 N–H and O–H groups in total. The highest BCUT2D eigenvalue weighted by atomic mass is 15.2. The van der Waals surface area contributed by atoms with E-state index in [0.717, 1.165) is 35.8 Å². The summed E-state index contributed by atoms with van der Waals surface area (Å²) in [6.45, 7) is 14.8. The minimum Gasteiger partial charge on any atom is -0.367 e. The molecule has 156 valence electrons. The predicted molar refractivity (Wildman–Crippen MR) is 119 cm³/mol. The van der Waals surface area contributed by atoms with E-state index in [1.165, 1.54) is 0 Å². The van der Waals surface area contributed by atoms with Crippen molar-refractivity contribution in [3.8, 4) is 0 Å². The summed E-state index contributed by atoms with van der Waals surface area (Å²) in [5.74, 6) is 1.27. The Labute approximate surface area is 172 Å². The first-order chi connectivity index (χ1) is 13.9. The molecule has 3 heterocycles. The standard InChI is InChI=1S/C21H32N8/c1-14(2)28(15(3)4)11-10-23-19-18-20(29(13-24-18)16(5)6)27-21(26-19)25-17-8-7-9-22-12-17/h7-9,12-16H,10-11H2,1-6H3,(H2,23,25,26,27). The highest BCUT2D eigenvalue weighted by Gasteiger charge is 2.17. The lowest BCUT2D eigenvalue weighted by molar-refractivity contribution is 0.182. The lowest BCUT2D eigenvalue weighted by Crippen LogP contribution is -2.40. The molecule has 0 bridgehead atoms. The van der Waals surface area contributed by atoms with Gasteiger partial charge in [0.1, 0.15) is 0 Å². The zero-order valence-electron chi connectivity index (χ0n) is 18.2. The van der Waals surface area contributed by atoms with Gasteiger partial charge in [-0.3, -0.25) is 9.88 Å². The Bertz CT molecular complexity index is 909. The largest absolute Gasteiger partial charge is 0.367 e. The number of fused-ring (bicyclic) bond motifs is 1. The molecular weight excluding hydrogens is 364 g/mol. The average molecular weight is 397 g/mol. The Kier molecular flexibility index (Phi) is 6.64. The molecule has 0 atom stereocenters. The molecule has 0 aromatic carbocycles. The van der Waals surface area contributed by atoms with Crippen molar-refractivity contribution >= 4 is 28.6 Å². The van der Waals surface area contributed by atoms with Crippen molar-refractivity contribution in [1.82, 2.24) is 29.4 Å². The molecular formula is C21H32N8. The summed E-state index contributed by atoms with van der Waals surface area (Å²) in [4.78, 5) is 20.6. The molecule has 0 saturated heterocycles. The minimum absolute atomic E-state index is 0.256. The summed E-state index contributed by atoms with van der Waals surface area (Å²) in [5.41, 5.74) is 2.45. The van der Waals surface area contributed by atoms with Crippen LogP contribution in [-0.2, 0) is 0 Å². The number of hydrogen-bond donors (Lipinski definition) is 2. The second-order valence-electron chi connectivity index (χ2n) is 8.03. The number of nitrogens with one attached hydrogen (secondary N) is 2. The molecule has 0 amide bonds. The topological polar surface area (TPSA) is 83.8 Å². The maximum Gasteiger partial charge on any atom is 0.231 e. The molecule has 0 aliphatic carbocycles. The van der Waals surface area contributed by atoms with Crippen LogP contribution in [0.15, 0.2) is 30.9 Å². The molecule has 0 saturated carbocycles. The van der Waals surface area contributed by atoms with Gasteiger partial charge in [-0.1, -0.05) is 0 Å². The molecule has 0 radical (unpaired) electrons. The Balaban J connectivity index is 1.88. The van der Waals surface area contributed by atoms with E-state index in [1.54, 1.807) is 12.4 Å². The fourth-order valence-electron chi connectivity index (χ4n) is 3.46. The van der Waals surface area contributed by atoms with E-state index in [1.807, 2.05) is 18.5 Å². The van der Waals surface area contributed by atoms with Gasteiger partial charge in [0.25, 0.3) is 0 Å². The summed E-state index contributed by atoms with van der Waals surface area (Å²) in [6, 6.07) is 5.06. The van der Waals surface area contributed by atoms with Crippen LogP contribution in [0.25, 0.3) is 11.2 Å². The van der Waals surface area contributed by atoms with Crippen molar-refractivity contribution in [3.63, 3.8) is 0 Å². The van der Waals surface area contributed by atoms with Crippen LogP contribution in [0.3, 0.4) is 0 Å². The number of pyridine rings is 1. The van der Waals surface area contributed by atoms with E-state index >= 15 is 0 Å². The van der Waals surface area contributed by atoms with E-state index in [9.17, 15) is 0 Å². The Morgan fingerprint density at radius 3 is 2.45 bits per heavy atom. The zero-order chi connectivity index (χ0) is 21.0. The molecule has 8 heteroatoms. The second kappa shape index (κ2) is 9.17. The van der Waals surface area contributed by atoms with Gasteiger partial charge in [-0.2, -0.15) is 9.97 Å². The third-order valence-corrected chi connectivity index (χ3v) is 4.88. The lowest BCUT2D eigenvalue weighted by atomic mass is 10.2. The molecule has 0 aliphatic rings. The summed E-state index contributed by atoms with van der Waals surface area (Å²) in [6.07, 6.45) is 5.33. The van der Waals surface area contributed by atoms with Gasteiger partial charge < -0.3 is 15.2 Å². The molecule has 3 aromatic heterocycles. The molecule has 3 rings (SSSR count). The molecule has 0 spiro atoms. The number of hydrogen-bond acceptors (Lipinski definition) is 7. The van der Waals surface area contributed by atoms with Gasteiger partial charge in [-0.15, -0.1) is 0 Å². The van der Waals surface area contributed by atoms with E-state index in [2.05, 4.69) is 71.6 Å². The van der Waals surface area contributed by atoms with Crippen molar-refractivity contribution in [2.45, 2.75) is 59.7 Å². The van der Waals surface area contributed by atoms with Crippen molar-refractivity contribution in [2.24, 2.45) is 0 Å². The van der Waals surface area contributed by atoms with Crippen molar-refractivity contribution < 1.29 is 0 Å². The third-order valence-electron chi connectivity index (χ3n) is 4.88. The Morgan fingerprint density at radius 2 is 1.83 bits per heavy atom. The highest BCUT2D eigenvalue weighted by Crippen LogP contribution is 2.24. The van der Waals surface area contributed by atoms with E-state index in [0.29, 0.717) is 18.0 Å². The quantitative estimate of drug-likeness (QED) is 0.564. The maximum absolute atomic E-state index is 4.71. The molecule has 3 aromatic rings. The number of aromatic nitrogens is 5. The van der Waals surface area contributed by atoms with Crippen LogP contribution in [0.1, 0.15) is 47.6 Å². The summed E-state index contributed by atoms with van der Waals surface area (Å²) >= 11 is 0. The molecule has 0 aliphatic heterocycles. The molecule has 0 fully saturated rings. The highest BCUT2D eigenvalue weighted by molar-refractivity contribution is 5.84. The number of anilines is 3. The third kappa shape index (κ3) is 5.00. The van der Waals surface area contributed by atoms with E-state index < -0.39 is 0 Å². The summed E-state index contributed by atoms with van der Waals surface area (Å²) < 4.78 is 2.06. The van der Waals surface area contributed by atoms with Crippen LogP contribution in [0.4, 0.5) is 17.5 Å². The van der Waals surface area contributed by atoms with Gasteiger partial charge in [-0.25, -0.2) is 4.98 Å². The van der Waals surface area contributed by atoms with Crippen LogP contribution in [-0.4, -0.2) is 54.6 Å². The normalized spacial score (nSPS) is 11.9. The van der Waals surface area contributed by atoms with Gasteiger partial charge in [0.2, 0.25) is 5.95 Å². The fourth-order valence-corrected chi connectivity index (χ4v) is 3.46. The number of rotatable bonds is 9. The van der Waals surface area contributed by atoms with Gasteiger partial charge in [0, 0.05) is 37.4 Å². The molecule has 0 unspecified atom stereocenters. The Hall–Kier alpha value is -2.74. The zero-order valence-corrected chi connectivity index (χ0v) is 18.2. The monoisotopic (exact) mass is 396 g/mol. The van der Waals surface area contributed by atoms with Crippen molar-refractivity contribution in [2.75, 3.05) is 23.7 Å². The molecule has 8 nitrogen and oxygen atoms in total. The predicted octanol–water partition coefficient (Wildman–Crippen LogP) is 4.08. The van der Waals surface area contributed by atoms with Crippen molar-refractivity contribution in [3.05, 3.63) is 30.9 Å². The smallest absolute Gasteiger partial charge is 0.231 e. The van der Waals surface area contributed by atoms with Crippen LogP contribution in [0, 0.1) is 0 Å². The second-order valence-corrected chi connectivity index (χ2v) is 8.03. The van der Waals surface area contributed by atoms with E-state index in [4.69, 9.17) is 9.97 Å². The first-order valence-corrected chi connectivity index (χ1v) is 10.3. The maximum atomic E-state index is 4.71. The lowest BCUT2D eigenvalue weighted by Gasteiger charge is -2.30. The van der Waals surface area contributed by atoms with Gasteiger partial charge in [0.05, 0.1) is 18.2 Å². The summed E-state index contributed by atoms with van der Waals surface area (Å²) in [5, 5.41) is 6.73. The van der Waals surface area contributed by atoms with Gasteiger partial charge >= 0.3 is 0 Å². The minimum atomic E-state index is 0.256. The Morgan fingerprint density at radius 1 is 1.07 bits per heavy atom. The van der Waals surface area contributed by atoms with Crippen LogP contribution in [0.5, 0.6) is 0 Å². The SMILES string of the molecule is CC(C)N(CCNc1nc(Nc2cccnc2)nc2c1ncn2C(C)C)C(C)C. The van der Waals surface area contributed by atoms with Crippen LogP contribution >= 0.6 is 0 Å². The van der Waals surface area contributed by atoms with Crippen LogP contribution < -0.4 is 10.6 Å². The van der Waals surface area contributed by atoms with Gasteiger partial charge in [-0.05, 0) is 53.7 Å². The fraction of sp³-hybridized carbons (Fsp3) is 0.524.